The molecule has 0 aliphatic heterocycles. The average molecular weight is 136 g/mol. The van der Waals surface area contributed by atoms with E-state index in [1.54, 1.807) is 0 Å². The van der Waals surface area contributed by atoms with Crippen molar-refractivity contribution >= 4 is 5.69 Å². The third-order valence-electron chi connectivity index (χ3n) is 1.08. The van der Waals surface area contributed by atoms with Gasteiger partial charge in [0.15, 0.2) is 5.69 Å². The number of benzene rings is 1. The maximum Gasteiger partial charge on any atom is 0.187 e. The number of ether oxygens (including phenoxy) is 1. The first-order valence-electron chi connectivity index (χ1n) is 4.18. The Morgan fingerprint density at radius 3 is 2.70 bits per heavy atom. The molecule has 0 spiro atoms. The zero-order chi connectivity index (χ0) is 9.90. The molecule has 0 amide bonds. The maximum atomic E-state index is 6.82. The van der Waals surface area contributed by atoms with Crippen molar-refractivity contribution in [3.63, 3.8) is 0 Å². The van der Waals surface area contributed by atoms with Crippen LogP contribution in [0.1, 0.15) is 4.11 Å². The molecule has 0 radical (unpaired) electrons. The van der Waals surface area contributed by atoms with Crippen LogP contribution >= 0.6 is 0 Å². The number of rotatable bonds is 1. The molecule has 0 saturated heterocycles. The van der Waals surface area contributed by atoms with Gasteiger partial charge < -0.3 is 4.74 Å². The number of hydrogen-bond donors (Lipinski definition) is 0. The second-order valence-corrected chi connectivity index (χ2v) is 1.71. The Balaban J connectivity index is 2.77. The van der Waals surface area contributed by atoms with Gasteiger partial charge in [-0.25, -0.2) is 4.85 Å². The monoisotopic (exact) mass is 136 g/mol. The average Bonchev–Trinajstić information content (AvgIpc) is 2.03. The highest BCUT2D eigenvalue weighted by molar-refractivity contribution is 5.46. The fraction of sp³-hybridized carbons (Fsp3) is 0.125. The Morgan fingerprint density at radius 1 is 1.50 bits per heavy atom. The highest BCUT2D eigenvalue weighted by Crippen LogP contribution is 2.16. The molecule has 2 nitrogen and oxygen atoms in total. The minimum atomic E-state index is -2.43. The van der Waals surface area contributed by atoms with E-state index in [9.17, 15) is 0 Å². The summed E-state index contributed by atoms with van der Waals surface area (Å²) in [7, 11) is -2.43. The molecule has 1 aromatic rings. The molecule has 0 saturated carbocycles. The third-order valence-corrected chi connectivity index (χ3v) is 1.08. The Kier molecular flexibility index (Phi) is 1.04. The topological polar surface area (TPSA) is 13.6 Å². The Bertz CT molecular complexity index is 323. The molecule has 0 heterocycles. The molecule has 0 aliphatic rings. The molecule has 0 atom stereocenters. The summed E-state index contributed by atoms with van der Waals surface area (Å²) in [6.45, 7) is 6.67. The van der Waals surface area contributed by atoms with E-state index < -0.39 is 7.04 Å². The second-order valence-electron chi connectivity index (χ2n) is 1.71. The van der Waals surface area contributed by atoms with Gasteiger partial charge in [-0.05, 0) is 12.1 Å². The SMILES string of the molecule is [2H]C([2H])([2H])Oc1ccc([N+]#[C-])cc1. The molecule has 1 aromatic carbocycles. The molecule has 0 aromatic heterocycles. The molecule has 1 rings (SSSR count). The summed E-state index contributed by atoms with van der Waals surface area (Å²) in [6.07, 6.45) is 0. The lowest BCUT2D eigenvalue weighted by atomic mass is 10.3. The van der Waals surface area contributed by atoms with Gasteiger partial charge in [0.1, 0.15) is 5.75 Å². The first kappa shape index (κ1) is 3.62. The van der Waals surface area contributed by atoms with Gasteiger partial charge in [0.05, 0.1) is 17.7 Å². The van der Waals surface area contributed by atoms with Crippen LogP contribution in [0.15, 0.2) is 24.3 Å². The van der Waals surface area contributed by atoms with Crippen LogP contribution in [0.25, 0.3) is 4.85 Å². The smallest absolute Gasteiger partial charge is 0.187 e. The molecule has 0 bridgehead atoms. The van der Waals surface area contributed by atoms with Crippen LogP contribution in [-0.2, 0) is 0 Å². The molecule has 50 valence electrons. The molecule has 2 heteroatoms. The summed E-state index contributed by atoms with van der Waals surface area (Å²) in [6, 6.07) is 5.93. The molecule has 10 heavy (non-hydrogen) atoms. The number of methoxy groups -OCH3 is 1. The lowest BCUT2D eigenvalue weighted by molar-refractivity contribution is 0.415. The van der Waals surface area contributed by atoms with Gasteiger partial charge in [-0.1, -0.05) is 12.1 Å². The molecule has 0 fully saturated rings. The summed E-state index contributed by atoms with van der Waals surface area (Å²) in [5.41, 5.74) is 0.456. The van der Waals surface area contributed by atoms with Crippen molar-refractivity contribution in [3.05, 3.63) is 35.7 Å². The van der Waals surface area contributed by atoms with Gasteiger partial charge in [0, 0.05) is 0 Å². The summed E-state index contributed by atoms with van der Waals surface area (Å²) in [5.74, 6) is 0.243. The first-order chi connectivity index (χ1) is 6.01. The summed E-state index contributed by atoms with van der Waals surface area (Å²) in [5, 5.41) is 0. The minimum absolute atomic E-state index is 0.243. The molecular weight excluding hydrogens is 126 g/mol. The van der Waals surface area contributed by atoms with E-state index in [2.05, 4.69) is 9.58 Å². The van der Waals surface area contributed by atoms with Crippen molar-refractivity contribution in [2.24, 2.45) is 0 Å². The highest BCUT2D eigenvalue weighted by Gasteiger charge is 1.89. The lowest BCUT2D eigenvalue weighted by Gasteiger charge is -1.96. The second kappa shape index (κ2) is 2.88. The molecular formula is C8H7NO. The Hall–Kier alpha value is -1.49. The van der Waals surface area contributed by atoms with E-state index in [0.717, 1.165) is 0 Å². The van der Waals surface area contributed by atoms with E-state index in [4.69, 9.17) is 10.7 Å². The maximum absolute atomic E-state index is 6.82. The molecule has 0 aliphatic carbocycles. The lowest BCUT2D eigenvalue weighted by Crippen LogP contribution is -1.79. The van der Waals surface area contributed by atoms with Gasteiger partial charge in [0.2, 0.25) is 0 Å². The van der Waals surface area contributed by atoms with E-state index in [-0.39, 0.29) is 5.75 Å². The fourth-order valence-electron chi connectivity index (χ4n) is 0.589. The minimum Gasteiger partial charge on any atom is -0.497 e. The van der Waals surface area contributed by atoms with Crippen molar-refractivity contribution in [1.29, 1.82) is 0 Å². The zero-order valence-corrected chi connectivity index (χ0v) is 5.16. The van der Waals surface area contributed by atoms with E-state index in [0.29, 0.717) is 5.69 Å². The normalized spacial score (nSPS) is 14.1. The van der Waals surface area contributed by atoms with Crippen LogP contribution < -0.4 is 4.74 Å². The summed E-state index contributed by atoms with van der Waals surface area (Å²) >= 11 is 0. The summed E-state index contributed by atoms with van der Waals surface area (Å²) in [4.78, 5) is 3.16. The van der Waals surface area contributed by atoms with Crippen LogP contribution in [0.4, 0.5) is 5.69 Å². The molecule has 0 N–H and O–H groups in total. The van der Waals surface area contributed by atoms with Crippen molar-refractivity contribution in [2.45, 2.75) is 0 Å². The van der Waals surface area contributed by atoms with Gasteiger partial charge >= 0.3 is 0 Å². The predicted octanol–water partition coefficient (Wildman–Crippen LogP) is 2.25. The quantitative estimate of drug-likeness (QED) is 0.540. The van der Waals surface area contributed by atoms with Crippen LogP contribution in [0.3, 0.4) is 0 Å². The largest absolute Gasteiger partial charge is 0.497 e. The first-order valence-corrected chi connectivity index (χ1v) is 2.68. The Labute approximate surface area is 64.1 Å². The van der Waals surface area contributed by atoms with E-state index >= 15 is 0 Å². The van der Waals surface area contributed by atoms with Gasteiger partial charge in [-0.3, -0.25) is 0 Å². The van der Waals surface area contributed by atoms with Crippen molar-refractivity contribution in [1.82, 2.24) is 0 Å². The Morgan fingerprint density at radius 2 is 2.20 bits per heavy atom. The van der Waals surface area contributed by atoms with Gasteiger partial charge in [0.25, 0.3) is 0 Å². The van der Waals surface area contributed by atoms with E-state index in [1.165, 1.54) is 24.3 Å². The third kappa shape index (κ3) is 1.26. The van der Waals surface area contributed by atoms with Crippen molar-refractivity contribution in [2.75, 3.05) is 7.04 Å². The standard InChI is InChI=1S/C8H7NO/c1-9-7-3-5-8(10-2)6-4-7/h3-6H,2H3/i2D3. The van der Waals surface area contributed by atoms with Crippen LogP contribution in [0.5, 0.6) is 5.75 Å². The summed E-state index contributed by atoms with van der Waals surface area (Å²) < 4.78 is 25.1. The fourth-order valence-corrected chi connectivity index (χ4v) is 0.589. The van der Waals surface area contributed by atoms with Gasteiger partial charge in [-0.2, -0.15) is 0 Å². The number of nitrogens with zero attached hydrogens (tertiary/aromatic N) is 1. The highest BCUT2D eigenvalue weighted by atomic mass is 16.5. The van der Waals surface area contributed by atoms with E-state index in [1.807, 2.05) is 0 Å². The van der Waals surface area contributed by atoms with Crippen LogP contribution in [0, 0.1) is 6.57 Å². The predicted molar refractivity (Wildman–Crippen MR) is 39.3 cm³/mol. The van der Waals surface area contributed by atoms with Crippen molar-refractivity contribution in [3.8, 4) is 5.75 Å². The molecule has 0 unspecified atom stereocenters. The van der Waals surface area contributed by atoms with Crippen LogP contribution in [-0.4, -0.2) is 7.04 Å². The van der Waals surface area contributed by atoms with Crippen LogP contribution in [0.2, 0.25) is 0 Å². The number of hydrogen-bond acceptors (Lipinski definition) is 1. The van der Waals surface area contributed by atoms with Crippen molar-refractivity contribution < 1.29 is 8.85 Å². The van der Waals surface area contributed by atoms with Gasteiger partial charge in [-0.15, -0.1) is 0 Å². The zero-order valence-electron chi connectivity index (χ0n) is 8.16.